The number of ether oxygens (including phenoxy) is 4. The first-order valence-corrected chi connectivity index (χ1v) is 16.4. The average Bonchev–Trinajstić information content (AvgIpc) is 3.06. The van der Waals surface area contributed by atoms with Crippen molar-refractivity contribution in [3.05, 3.63) is 88.4 Å². The molecule has 5 rings (SSSR count). The minimum atomic E-state index is -0.937. The number of amides is 2. The number of carbonyl (C=O) groups excluding carboxylic acids is 1. The Morgan fingerprint density at radius 3 is 2.46 bits per heavy atom. The Hall–Kier alpha value is -3.79. The zero-order chi connectivity index (χ0) is 32.3. The first kappa shape index (κ1) is 33.6. The van der Waals surface area contributed by atoms with Crippen molar-refractivity contribution in [2.24, 2.45) is 0 Å². The number of hydrogen-bond acceptors (Lipinski definition) is 6. The highest BCUT2D eigenvalue weighted by Gasteiger charge is 2.33. The molecule has 1 N–H and O–H groups in total. The number of benzene rings is 3. The number of carboxylic acid groups (broad SMARTS) is 1. The number of rotatable bonds is 15. The van der Waals surface area contributed by atoms with Gasteiger partial charge in [-0.05, 0) is 85.2 Å². The van der Waals surface area contributed by atoms with Crippen LogP contribution in [0.25, 0.3) is 0 Å². The number of halogens is 1. The van der Waals surface area contributed by atoms with Crippen LogP contribution in [0, 0.1) is 0 Å². The summed E-state index contributed by atoms with van der Waals surface area (Å²) in [5, 5.41) is 10.4. The molecule has 0 aromatic heterocycles. The third kappa shape index (κ3) is 9.15. The maximum absolute atomic E-state index is 12.7. The lowest BCUT2D eigenvalue weighted by Gasteiger charge is -2.37. The molecule has 9 nitrogen and oxygen atoms in total. The van der Waals surface area contributed by atoms with Gasteiger partial charge in [-0.15, -0.1) is 0 Å². The Morgan fingerprint density at radius 1 is 0.935 bits per heavy atom. The van der Waals surface area contributed by atoms with E-state index >= 15 is 0 Å². The van der Waals surface area contributed by atoms with Crippen molar-refractivity contribution < 1.29 is 33.6 Å². The number of likely N-dealkylation sites (tertiary alicyclic amines) is 1. The number of aryl methyl sites for hydroxylation is 1. The van der Waals surface area contributed by atoms with E-state index in [9.17, 15) is 14.7 Å². The molecule has 2 aliphatic heterocycles. The standard InChI is InChI=1S/C36H43ClN2O7/c1-43-19-5-17-39-33-22-26(8-9-28(33)12-15-35(39)40)25-46-34-24-38(36(41)42)18-16-32(34)27-10-13-30(14-11-27)44-20-2-3-21-45-31-7-4-6-29(37)23-31/h4,6-11,13-14,22-23,32,34H,2-3,5,12,15-21,24-25H2,1H3,(H,41,42). The van der Waals surface area contributed by atoms with E-state index in [1.165, 1.54) is 4.90 Å². The van der Waals surface area contributed by atoms with Gasteiger partial charge in [-0.25, -0.2) is 4.79 Å². The van der Waals surface area contributed by atoms with Crippen LogP contribution >= 0.6 is 11.6 Å². The van der Waals surface area contributed by atoms with E-state index in [2.05, 4.69) is 18.2 Å². The molecule has 1 fully saturated rings. The van der Waals surface area contributed by atoms with Crippen LogP contribution in [0.1, 0.15) is 54.7 Å². The molecule has 0 bridgehead atoms. The SMILES string of the molecule is COCCCN1C(=O)CCc2ccc(COC3CN(C(=O)O)CCC3c3ccc(OCCCCOc4cccc(Cl)c4)cc3)cc21. The van der Waals surface area contributed by atoms with Crippen molar-refractivity contribution in [3.8, 4) is 11.5 Å². The summed E-state index contributed by atoms with van der Waals surface area (Å²) in [5.41, 5.74) is 4.14. The Balaban J connectivity index is 1.16. The molecule has 0 aliphatic carbocycles. The largest absolute Gasteiger partial charge is 0.494 e. The van der Waals surface area contributed by atoms with Gasteiger partial charge in [0.1, 0.15) is 11.5 Å². The zero-order valence-corrected chi connectivity index (χ0v) is 27.1. The van der Waals surface area contributed by atoms with Crippen LogP contribution in [0.15, 0.2) is 66.7 Å². The first-order chi connectivity index (χ1) is 22.4. The third-order valence-corrected chi connectivity index (χ3v) is 8.79. The van der Waals surface area contributed by atoms with Gasteiger partial charge >= 0.3 is 6.09 Å². The van der Waals surface area contributed by atoms with Gasteiger partial charge in [-0.2, -0.15) is 0 Å². The van der Waals surface area contributed by atoms with Crippen molar-refractivity contribution in [1.29, 1.82) is 0 Å². The maximum Gasteiger partial charge on any atom is 0.407 e. The van der Waals surface area contributed by atoms with Crippen LogP contribution in [0.2, 0.25) is 5.02 Å². The number of nitrogens with zero attached hydrogens (tertiary/aromatic N) is 2. The molecular formula is C36H43ClN2O7. The van der Waals surface area contributed by atoms with E-state index in [-0.39, 0.29) is 17.9 Å². The van der Waals surface area contributed by atoms with Gasteiger partial charge in [0.25, 0.3) is 0 Å². The fourth-order valence-corrected chi connectivity index (χ4v) is 6.26. The van der Waals surface area contributed by atoms with E-state index in [1.807, 2.05) is 47.4 Å². The smallest absolute Gasteiger partial charge is 0.407 e. The predicted molar refractivity (Wildman–Crippen MR) is 177 cm³/mol. The second kappa shape index (κ2) is 16.7. The molecule has 2 unspecified atom stereocenters. The van der Waals surface area contributed by atoms with Crippen molar-refractivity contribution in [2.45, 2.75) is 57.2 Å². The van der Waals surface area contributed by atoms with Crippen LogP contribution in [0.3, 0.4) is 0 Å². The summed E-state index contributed by atoms with van der Waals surface area (Å²) in [6, 6.07) is 21.6. The lowest BCUT2D eigenvalue weighted by Crippen LogP contribution is -2.46. The van der Waals surface area contributed by atoms with Gasteiger partial charge in [0.15, 0.2) is 0 Å². The van der Waals surface area contributed by atoms with Crippen molar-refractivity contribution in [1.82, 2.24) is 4.90 Å². The highest BCUT2D eigenvalue weighted by molar-refractivity contribution is 6.30. The van der Waals surface area contributed by atoms with E-state index in [1.54, 1.807) is 13.2 Å². The molecule has 3 aromatic carbocycles. The molecule has 3 aromatic rings. The molecule has 0 spiro atoms. The van der Waals surface area contributed by atoms with Crippen LogP contribution < -0.4 is 14.4 Å². The monoisotopic (exact) mass is 650 g/mol. The lowest BCUT2D eigenvalue weighted by molar-refractivity contribution is -0.118. The molecule has 0 radical (unpaired) electrons. The molecule has 46 heavy (non-hydrogen) atoms. The zero-order valence-electron chi connectivity index (χ0n) is 26.4. The summed E-state index contributed by atoms with van der Waals surface area (Å²) in [6.45, 7) is 3.45. The fraction of sp³-hybridized carbons (Fsp3) is 0.444. The lowest BCUT2D eigenvalue weighted by atomic mass is 9.87. The Labute approximate surface area is 275 Å². The van der Waals surface area contributed by atoms with Crippen molar-refractivity contribution in [3.63, 3.8) is 0 Å². The first-order valence-electron chi connectivity index (χ1n) is 16.0. The van der Waals surface area contributed by atoms with Gasteiger partial charge in [-0.1, -0.05) is 41.9 Å². The molecule has 2 atom stereocenters. The number of carbonyl (C=O) groups is 2. The predicted octanol–water partition coefficient (Wildman–Crippen LogP) is 6.95. The summed E-state index contributed by atoms with van der Waals surface area (Å²) in [5.74, 6) is 1.72. The normalized spacial score (nSPS) is 17.9. The minimum absolute atomic E-state index is 0.0398. The fourth-order valence-electron chi connectivity index (χ4n) is 6.08. The molecule has 0 saturated carbocycles. The molecule has 246 valence electrons. The third-order valence-electron chi connectivity index (χ3n) is 8.55. The van der Waals surface area contributed by atoms with E-state index in [0.717, 1.165) is 59.6 Å². The van der Waals surface area contributed by atoms with Crippen LogP contribution in [0.4, 0.5) is 10.5 Å². The number of piperidine rings is 1. The Morgan fingerprint density at radius 2 is 1.72 bits per heavy atom. The summed E-state index contributed by atoms with van der Waals surface area (Å²) in [7, 11) is 1.66. The highest BCUT2D eigenvalue weighted by atomic mass is 35.5. The summed E-state index contributed by atoms with van der Waals surface area (Å²) >= 11 is 6.00. The number of unbranched alkanes of at least 4 members (excludes halogenated alkanes) is 1. The van der Waals surface area contributed by atoms with E-state index < -0.39 is 6.09 Å². The van der Waals surface area contributed by atoms with E-state index in [4.69, 9.17) is 30.5 Å². The number of fused-ring (bicyclic) bond motifs is 1. The Kier molecular flexibility index (Phi) is 12.2. The summed E-state index contributed by atoms with van der Waals surface area (Å²) in [6.07, 6.45) is 3.13. The Bertz CT molecular complexity index is 1450. The topological polar surface area (TPSA) is 97.8 Å². The van der Waals surface area contributed by atoms with Gasteiger partial charge in [0.2, 0.25) is 5.91 Å². The summed E-state index contributed by atoms with van der Waals surface area (Å²) < 4.78 is 23.4. The molecule has 1 saturated heterocycles. The molecule has 10 heteroatoms. The van der Waals surface area contributed by atoms with Crippen molar-refractivity contribution in [2.75, 3.05) is 51.5 Å². The number of anilines is 1. The quantitative estimate of drug-likeness (QED) is 0.178. The maximum atomic E-state index is 12.7. The molecule has 2 amide bonds. The van der Waals surface area contributed by atoms with E-state index in [0.29, 0.717) is 63.9 Å². The van der Waals surface area contributed by atoms with Crippen LogP contribution in [0.5, 0.6) is 11.5 Å². The molecule has 2 aliphatic rings. The van der Waals surface area contributed by atoms with Gasteiger partial charge in [0, 0.05) is 49.9 Å². The second-order valence-corrected chi connectivity index (χ2v) is 12.2. The number of hydrogen-bond donors (Lipinski definition) is 1. The minimum Gasteiger partial charge on any atom is -0.494 e. The summed E-state index contributed by atoms with van der Waals surface area (Å²) in [4.78, 5) is 27.9. The van der Waals surface area contributed by atoms with Crippen LogP contribution in [-0.2, 0) is 27.3 Å². The van der Waals surface area contributed by atoms with Gasteiger partial charge < -0.3 is 33.9 Å². The molecular weight excluding hydrogens is 608 g/mol. The van der Waals surface area contributed by atoms with Gasteiger partial charge in [-0.3, -0.25) is 4.79 Å². The molecule has 2 heterocycles. The second-order valence-electron chi connectivity index (χ2n) is 11.8. The van der Waals surface area contributed by atoms with Crippen molar-refractivity contribution >= 4 is 29.3 Å². The van der Waals surface area contributed by atoms with Gasteiger partial charge in [0.05, 0.1) is 32.5 Å². The average molecular weight is 651 g/mol. The van der Waals surface area contributed by atoms with Crippen LogP contribution in [-0.4, -0.2) is 74.7 Å². The highest BCUT2D eigenvalue weighted by Crippen LogP contribution is 2.34. The number of methoxy groups -OCH3 is 1.